The fraction of sp³-hybridized carbons (Fsp3) is 0.357. The van der Waals surface area contributed by atoms with Gasteiger partial charge in [0.25, 0.3) is 0 Å². The van der Waals surface area contributed by atoms with Crippen LogP contribution in [0.5, 0.6) is 0 Å². The first-order valence-corrected chi connectivity index (χ1v) is 7.36. The molecule has 2 aromatic rings. The zero-order chi connectivity index (χ0) is 13.8. The number of rotatable bonds is 5. The summed E-state index contributed by atoms with van der Waals surface area (Å²) in [6, 6.07) is 7.93. The summed E-state index contributed by atoms with van der Waals surface area (Å²) >= 11 is 1.68. The largest absolute Gasteiger partial charge is 0.338 e. The SMILES string of the molecule is CCC(C(C)=O)c1nc(-c2ccc(SC)cc2)no1. The van der Waals surface area contributed by atoms with Crippen LogP contribution in [-0.4, -0.2) is 22.2 Å². The van der Waals surface area contributed by atoms with Gasteiger partial charge in [0, 0.05) is 10.5 Å². The van der Waals surface area contributed by atoms with Gasteiger partial charge in [-0.1, -0.05) is 12.1 Å². The molecule has 0 N–H and O–H groups in total. The van der Waals surface area contributed by atoms with Crippen LogP contribution < -0.4 is 0 Å². The fourth-order valence-corrected chi connectivity index (χ4v) is 2.28. The van der Waals surface area contributed by atoms with Crippen molar-refractivity contribution in [1.82, 2.24) is 10.1 Å². The van der Waals surface area contributed by atoms with Crippen molar-refractivity contribution in [3.63, 3.8) is 0 Å². The van der Waals surface area contributed by atoms with Crippen molar-refractivity contribution in [2.75, 3.05) is 6.26 Å². The van der Waals surface area contributed by atoms with Crippen molar-refractivity contribution < 1.29 is 9.32 Å². The highest BCUT2D eigenvalue weighted by molar-refractivity contribution is 7.98. The Balaban J connectivity index is 2.26. The molecule has 1 atom stereocenters. The number of ketones is 1. The molecular formula is C14H16N2O2S. The third-order valence-corrected chi connectivity index (χ3v) is 3.73. The van der Waals surface area contributed by atoms with Gasteiger partial charge in [0.05, 0.1) is 5.92 Å². The van der Waals surface area contributed by atoms with Crippen LogP contribution in [0.4, 0.5) is 0 Å². The molecule has 0 aliphatic carbocycles. The molecule has 0 bridgehead atoms. The lowest BCUT2D eigenvalue weighted by Crippen LogP contribution is -2.07. The molecule has 1 unspecified atom stereocenters. The molecule has 100 valence electrons. The maximum atomic E-state index is 11.5. The van der Waals surface area contributed by atoms with Gasteiger partial charge in [0.15, 0.2) is 0 Å². The monoisotopic (exact) mass is 276 g/mol. The second-order valence-electron chi connectivity index (χ2n) is 4.26. The van der Waals surface area contributed by atoms with E-state index in [-0.39, 0.29) is 11.7 Å². The number of carbonyl (C=O) groups excluding carboxylic acids is 1. The number of hydrogen-bond acceptors (Lipinski definition) is 5. The Labute approximate surface area is 116 Å². The number of hydrogen-bond donors (Lipinski definition) is 0. The molecule has 0 amide bonds. The molecule has 2 rings (SSSR count). The van der Waals surface area contributed by atoms with Crippen LogP contribution in [0.25, 0.3) is 11.4 Å². The zero-order valence-corrected chi connectivity index (χ0v) is 12.0. The molecule has 0 aliphatic rings. The van der Waals surface area contributed by atoms with Crippen LogP contribution in [0.15, 0.2) is 33.7 Å². The standard InChI is InChI=1S/C14H16N2O2S/c1-4-12(9(2)17)14-15-13(16-18-14)10-5-7-11(19-3)8-6-10/h5-8,12H,4H2,1-3H3. The van der Waals surface area contributed by atoms with Gasteiger partial charge in [-0.05, 0) is 43.9 Å². The maximum Gasteiger partial charge on any atom is 0.237 e. The van der Waals surface area contributed by atoms with Crippen molar-refractivity contribution in [2.45, 2.75) is 31.1 Å². The Morgan fingerprint density at radius 2 is 2.05 bits per heavy atom. The number of thioether (sulfide) groups is 1. The Hall–Kier alpha value is -1.62. The lowest BCUT2D eigenvalue weighted by atomic mass is 10.0. The molecule has 0 radical (unpaired) electrons. The van der Waals surface area contributed by atoms with Gasteiger partial charge < -0.3 is 4.52 Å². The van der Waals surface area contributed by atoms with Gasteiger partial charge in [0.2, 0.25) is 11.7 Å². The second kappa shape index (κ2) is 6.02. The second-order valence-corrected chi connectivity index (χ2v) is 5.14. The molecule has 0 fully saturated rings. The van der Waals surface area contributed by atoms with Crippen LogP contribution in [0.3, 0.4) is 0 Å². The van der Waals surface area contributed by atoms with E-state index in [9.17, 15) is 4.79 Å². The fourth-order valence-electron chi connectivity index (χ4n) is 1.87. The summed E-state index contributed by atoms with van der Waals surface area (Å²) in [5.74, 6) is 0.684. The molecular weight excluding hydrogens is 260 g/mol. The van der Waals surface area contributed by atoms with E-state index in [2.05, 4.69) is 10.1 Å². The van der Waals surface area contributed by atoms with Crippen molar-refractivity contribution in [3.8, 4) is 11.4 Å². The van der Waals surface area contributed by atoms with E-state index in [1.165, 1.54) is 4.90 Å². The summed E-state index contributed by atoms with van der Waals surface area (Å²) in [5, 5.41) is 3.95. The third kappa shape index (κ3) is 3.04. The summed E-state index contributed by atoms with van der Waals surface area (Å²) in [5.41, 5.74) is 0.895. The van der Waals surface area contributed by atoms with Crippen LogP contribution >= 0.6 is 11.8 Å². The minimum atomic E-state index is -0.299. The van der Waals surface area contributed by atoms with Crippen LogP contribution in [0.1, 0.15) is 32.1 Å². The number of nitrogens with zero attached hydrogens (tertiary/aromatic N) is 2. The van der Waals surface area contributed by atoms with Gasteiger partial charge in [0.1, 0.15) is 5.78 Å². The average molecular weight is 276 g/mol. The van der Waals surface area contributed by atoms with Gasteiger partial charge in [-0.3, -0.25) is 4.79 Å². The van der Waals surface area contributed by atoms with Gasteiger partial charge in [-0.25, -0.2) is 0 Å². The van der Waals surface area contributed by atoms with E-state index in [1.54, 1.807) is 18.7 Å². The molecule has 4 nitrogen and oxygen atoms in total. The number of aromatic nitrogens is 2. The van der Waals surface area contributed by atoms with E-state index in [0.717, 1.165) is 5.56 Å². The summed E-state index contributed by atoms with van der Waals surface area (Å²) < 4.78 is 5.20. The first-order valence-electron chi connectivity index (χ1n) is 6.14. The lowest BCUT2D eigenvalue weighted by molar-refractivity contribution is -0.119. The molecule has 0 spiro atoms. The van der Waals surface area contributed by atoms with Gasteiger partial charge in [-0.15, -0.1) is 11.8 Å². The number of carbonyl (C=O) groups is 1. The van der Waals surface area contributed by atoms with Gasteiger partial charge >= 0.3 is 0 Å². The zero-order valence-electron chi connectivity index (χ0n) is 11.2. The molecule has 1 heterocycles. The first-order chi connectivity index (χ1) is 9.15. The molecule has 19 heavy (non-hydrogen) atoms. The summed E-state index contributed by atoms with van der Waals surface area (Å²) in [6.45, 7) is 3.48. The predicted molar refractivity (Wildman–Crippen MR) is 75.2 cm³/mol. The van der Waals surface area contributed by atoms with E-state index in [4.69, 9.17) is 4.52 Å². The molecule has 0 aliphatic heterocycles. The Bertz CT molecular complexity index is 563. The van der Waals surface area contributed by atoms with E-state index < -0.39 is 0 Å². The summed E-state index contributed by atoms with van der Waals surface area (Å²) in [7, 11) is 0. The molecule has 0 saturated carbocycles. The quantitative estimate of drug-likeness (QED) is 0.782. The van der Waals surface area contributed by atoms with Crippen molar-refractivity contribution in [2.24, 2.45) is 0 Å². The predicted octanol–water partition coefficient (Wildman–Crippen LogP) is 3.54. The summed E-state index contributed by atoms with van der Waals surface area (Å²) in [6.07, 6.45) is 2.70. The Morgan fingerprint density at radius 1 is 1.37 bits per heavy atom. The first kappa shape index (κ1) is 13.8. The maximum absolute atomic E-state index is 11.5. The van der Waals surface area contributed by atoms with Crippen molar-refractivity contribution >= 4 is 17.5 Å². The van der Waals surface area contributed by atoms with Crippen LogP contribution in [0, 0.1) is 0 Å². The van der Waals surface area contributed by atoms with Crippen LogP contribution in [0.2, 0.25) is 0 Å². The van der Waals surface area contributed by atoms with Gasteiger partial charge in [-0.2, -0.15) is 4.98 Å². The molecule has 0 saturated heterocycles. The lowest BCUT2D eigenvalue weighted by Gasteiger charge is -2.03. The molecule has 1 aromatic carbocycles. The number of benzene rings is 1. The molecule has 5 heteroatoms. The molecule has 1 aromatic heterocycles. The van der Waals surface area contributed by atoms with E-state index >= 15 is 0 Å². The highest BCUT2D eigenvalue weighted by atomic mass is 32.2. The number of Topliss-reactive ketones (excluding diaryl/α,β-unsaturated/α-hetero) is 1. The smallest absolute Gasteiger partial charge is 0.237 e. The highest BCUT2D eigenvalue weighted by Gasteiger charge is 2.21. The Morgan fingerprint density at radius 3 is 2.58 bits per heavy atom. The van der Waals surface area contributed by atoms with Crippen molar-refractivity contribution in [3.05, 3.63) is 30.2 Å². The topological polar surface area (TPSA) is 56.0 Å². The van der Waals surface area contributed by atoms with Crippen LogP contribution in [-0.2, 0) is 4.79 Å². The van der Waals surface area contributed by atoms with Crippen molar-refractivity contribution in [1.29, 1.82) is 0 Å². The third-order valence-electron chi connectivity index (χ3n) is 2.99. The minimum Gasteiger partial charge on any atom is -0.338 e. The van der Waals surface area contributed by atoms with E-state index in [0.29, 0.717) is 18.1 Å². The Kier molecular flexibility index (Phi) is 4.37. The normalized spacial score (nSPS) is 12.4. The minimum absolute atomic E-state index is 0.0513. The average Bonchev–Trinajstić information content (AvgIpc) is 2.89. The van der Waals surface area contributed by atoms with E-state index in [1.807, 2.05) is 37.4 Å². The summed E-state index contributed by atoms with van der Waals surface area (Å²) in [4.78, 5) is 17.0. The highest BCUT2D eigenvalue weighted by Crippen LogP contribution is 2.24.